The van der Waals surface area contributed by atoms with Crippen molar-refractivity contribution in [3.8, 4) is 0 Å². The van der Waals surface area contributed by atoms with E-state index in [0.29, 0.717) is 25.3 Å². The highest BCUT2D eigenvalue weighted by Crippen LogP contribution is 2.13. The molecule has 0 spiro atoms. The standard InChI is InChI=1S/C25H41FN2O3/c1-2-31-24(29)16-14-12-10-8-6-4-3-5-7-9-11-13-15-21-27-25(30)28-23-19-17-22(26)18-20-23/h17-20H,2-16,21H2,1H3,(H2,27,28,30). The summed E-state index contributed by atoms with van der Waals surface area (Å²) in [6.07, 6.45) is 16.2. The number of ether oxygens (including phenoxy) is 1. The molecule has 0 radical (unpaired) electrons. The van der Waals surface area contributed by atoms with Gasteiger partial charge in [0.25, 0.3) is 0 Å². The van der Waals surface area contributed by atoms with Gasteiger partial charge in [0.05, 0.1) is 6.61 Å². The fourth-order valence-electron chi connectivity index (χ4n) is 3.48. The van der Waals surface area contributed by atoms with E-state index < -0.39 is 0 Å². The fraction of sp³-hybridized carbons (Fsp3) is 0.680. The molecular weight excluding hydrogens is 395 g/mol. The molecule has 1 aromatic carbocycles. The lowest BCUT2D eigenvalue weighted by Crippen LogP contribution is -2.29. The van der Waals surface area contributed by atoms with Gasteiger partial charge in [-0.25, -0.2) is 9.18 Å². The molecule has 0 bridgehead atoms. The number of unbranched alkanes of at least 4 members (excludes halogenated alkanes) is 12. The Morgan fingerprint density at radius 2 is 1.26 bits per heavy atom. The second-order valence-corrected chi connectivity index (χ2v) is 8.04. The van der Waals surface area contributed by atoms with Crippen LogP contribution >= 0.6 is 0 Å². The summed E-state index contributed by atoms with van der Waals surface area (Å²) in [6, 6.07) is 5.50. The van der Waals surface area contributed by atoms with Crippen molar-refractivity contribution in [3.05, 3.63) is 30.1 Å². The number of carbonyl (C=O) groups excluding carboxylic acids is 2. The van der Waals surface area contributed by atoms with Gasteiger partial charge in [-0.3, -0.25) is 4.79 Å². The molecule has 2 amide bonds. The van der Waals surface area contributed by atoms with E-state index in [-0.39, 0.29) is 17.8 Å². The number of urea groups is 1. The normalized spacial score (nSPS) is 10.6. The number of anilines is 1. The lowest BCUT2D eigenvalue weighted by atomic mass is 10.0. The highest BCUT2D eigenvalue weighted by molar-refractivity contribution is 5.89. The number of carbonyl (C=O) groups is 2. The Hall–Kier alpha value is -2.11. The van der Waals surface area contributed by atoms with Crippen molar-refractivity contribution in [1.82, 2.24) is 5.32 Å². The van der Waals surface area contributed by atoms with Crippen LogP contribution in [0.1, 0.15) is 96.8 Å². The second kappa shape index (κ2) is 18.6. The van der Waals surface area contributed by atoms with Gasteiger partial charge in [-0.15, -0.1) is 0 Å². The van der Waals surface area contributed by atoms with Gasteiger partial charge < -0.3 is 15.4 Å². The lowest BCUT2D eigenvalue weighted by molar-refractivity contribution is -0.143. The van der Waals surface area contributed by atoms with E-state index >= 15 is 0 Å². The summed E-state index contributed by atoms with van der Waals surface area (Å²) < 4.78 is 17.8. The Labute approximate surface area is 187 Å². The number of rotatable bonds is 18. The Balaban J connectivity index is 1.78. The van der Waals surface area contributed by atoms with E-state index in [4.69, 9.17) is 4.74 Å². The Morgan fingerprint density at radius 1 is 0.774 bits per heavy atom. The smallest absolute Gasteiger partial charge is 0.319 e. The number of benzene rings is 1. The van der Waals surface area contributed by atoms with Gasteiger partial charge in [0, 0.05) is 18.7 Å². The van der Waals surface area contributed by atoms with Crippen molar-refractivity contribution in [2.24, 2.45) is 0 Å². The van der Waals surface area contributed by atoms with Crippen molar-refractivity contribution in [1.29, 1.82) is 0 Å². The van der Waals surface area contributed by atoms with Crippen molar-refractivity contribution in [2.45, 2.75) is 96.8 Å². The number of amides is 2. The predicted octanol–water partition coefficient (Wildman–Crippen LogP) is 6.97. The molecule has 176 valence electrons. The molecule has 0 saturated heterocycles. The zero-order chi connectivity index (χ0) is 22.6. The van der Waals surface area contributed by atoms with E-state index in [0.717, 1.165) is 25.7 Å². The number of nitrogens with one attached hydrogen (secondary N) is 2. The molecule has 0 aliphatic heterocycles. The summed E-state index contributed by atoms with van der Waals surface area (Å²) >= 11 is 0. The summed E-state index contributed by atoms with van der Waals surface area (Å²) in [5, 5.41) is 5.53. The van der Waals surface area contributed by atoms with Crippen molar-refractivity contribution in [2.75, 3.05) is 18.5 Å². The highest BCUT2D eigenvalue weighted by atomic mass is 19.1. The first-order chi connectivity index (χ1) is 15.1. The number of esters is 1. The first-order valence-electron chi connectivity index (χ1n) is 12.1. The molecule has 0 heterocycles. The number of hydrogen-bond donors (Lipinski definition) is 2. The maximum atomic E-state index is 12.8. The molecule has 0 unspecified atom stereocenters. The van der Waals surface area contributed by atoms with Gasteiger partial charge in [0.1, 0.15) is 5.82 Å². The third-order valence-electron chi connectivity index (χ3n) is 5.25. The summed E-state index contributed by atoms with van der Waals surface area (Å²) in [6.45, 7) is 2.99. The van der Waals surface area contributed by atoms with E-state index in [1.807, 2.05) is 6.92 Å². The van der Waals surface area contributed by atoms with Crippen LogP contribution < -0.4 is 10.6 Å². The number of halogens is 1. The van der Waals surface area contributed by atoms with Crippen LogP contribution in [0.2, 0.25) is 0 Å². The van der Waals surface area contributed by atoms with Crippen molar-refractivity contribution >= 4 is 17.7 Å². The zero-order valence-corrected chi connectivity index (χ0v) is 19.2. The molecule has 1 aromatic rings. The Bertz CT molecular complexity index is 593. The van der Waals surface area contributed by atoms with Crippen LogP contribution in [0, 0.1) is 5.82 Å². The molecule has 31 heavy (non-hydrogen) atoms. The topological polar surface area (TPSA) is 67.4 Å². The monoisotopic (exact) mass is 436 g/mol. The largest absolute Gasteiger partial charge is 0.466 e. The highest BCUT2D eigenvalue weighted by Gasteiger charge is 2.02. The van der Waals surface area contributed by atoms with Gasteiger partial charge >= 0.3 is 12.0 Å². The molecule has 0 saturated carbocycles. The molecule has 1 rings (SSSR count). The minimum absolute atomic E-state index is 0.0638. The van der Waals surface area contributed by atoms with E-state index in [1.165, 1.54) is 69.9 Å². The first-order valence-corrected chi connectivity index (χ1v) is 12.1. The molecule has 2 N–H and O–H groups in total. The van der Waals surface area contributed by atoms with Gasteiger partial charge in [0.2, 0.25) is 0 Å². The van der Waals surface area contributed by atoms with Gasteiger partial charge in [-0.2, -0.15) is 0 Å². The molecule has 6 heteroatoms. The van der Waals surface area contributed by atoms with Crippen molar-refractivity contribution < 1.29 is 18.7 Å². The average Bonchev–Trinajstić information content (AvgIpc) is 2.75. The molecule has 5 nitrogen and oxygen atoms in total. The Kier molecular flexibility index (Phi) is 16.2. The van der Waals surface area contributed by atoms with Crippen LogP contribution in [0.5, 0.6) is 0 Å². The summed E-state index contributed by atoms with van der Waals surface area (Å²) in [4.78, 5) is 23.0. The predicted molar refractivity (Wildman–Crippen MR) is 125 cm³/mol. The van der Waals surface area contributed by atoms with E-state index in [1.54, 1.807) is 12.1 Å². The van der Waals surface area contributed by atoms with Crippen LogP contribution in [-0.2, 0) is 9.53 Å². The average molecular weight is 437 g/mol. The molecular formula is C25H41FN2O3. The van der Waals surface area contributed by atoms with E-state index in [9.17, 15) is 14.0 Å². The fourth-order valence-corrected chi connectivity index (χ4v) is 3.48. The minimum atomic E-state index is -0.314. The molecule has 0 atom stereocenters. The van der Waals surface area contributed by atoms with Gasteiger partial charge in [-0.05, 0) is 44.0 Å². The van der Waals surface area contributed by atoms with Gasteiger partial charge in [-0.1, -0.05) is 70.6 Å². The SMILES string of the molecule is CCOC(=O)CCCCCCCCCCCCCCCNC(=O)Nc1ccc(F)cc1. The maximum absolute atomic E-state index is 12.8. The molecule has 0 aliphatic carbocycles. The molecule has 0 aromatic heterocycles. The molecule has 0 aliphatic rings. The van der Waals surface area contributed by atoms with Crippen LogP contribution in [0.25, 0.3) is 0 Å². The lowest BCUT2D eigenvalue weighted by Gasteiger charge is -2.07. The summed E-state index contributed by atoms with van der Waals surface area (Å²) in [7, 11) is 0. The molecule has 0 fully saturated rings. The summed E-state index contributed by atoms with van der Waals surface area (Å²) in [5.41, 5.74) is 0.591. The third-order valence-corrected chi connectivity index (χ3v) is 5.25. The quantitative estimate of drug-likeness (QED) is 0.193. The van der Waals surface area contributed by atoms with Crippen LogP contribution in [-0.4, -0.2) is 25.2 Å². The van der Waals surface area contributed by atoms with Crippen LogP contribution in [0.15, 0.2) is 24.3 Å². The maximum Gasteiger partial charge on any atom is 0.319 e. The van der Waals surface area contributed by atoms with Crippen LogP contribution in [0.4, 0.5) is 14.9 Å². The Morgan fingerprint density at radius 3 is 1.77 bits per heavy atom. The first kappa shape index (κ1) is 26.9. The summed E-state index contributed by atoms with van der Waals surface area (Å²) in [5.74, 6) is -0.378. The van der Waals surface area contributed by atoms with Crippen molar-refractivity contribution in [3.63, 3.8) is 0 Å². The number of hydrogen-bond acceptors (Lipinski definition) is 3. The van der Waals surface area contributed by atoms with Crippen LogP contribution in [0.3, 0.4) is 0 Å². The third kappa shape index (κ3) is 16.3. The van der Waals surface area contributed by atoms with E-state index in [2.05, 4.69) is 10.6 Å². The minimum Gasteiger partial charge on any atom is -0.466 e. The zero-order valence-electron chi connectivity index (χ0n) is 19.2. The second-order valence-electron chi connectivity index (χ2n) is 8.04. The van der Waals surface area contributed by atoms with Gasteiger partial charge in [0.15, 0.2) is 0 Å².